The second kappa shape index (κ2) is 6.06. The maximum absolute atomic E-state index is 11.6. The van der Waals surface area contributed by atoms with Crippen LogP contribution in [-0.4, -0.2) is 37.7 Å². The molecule has 104 valence electrons. The van der Waals surface area contributed by atoms with Crippen molar-refractivity contribution in [1.29, 1.82) is 0 Å². The summed E-state index contributed by atoms with van der Waals surface area (Å²) in [6.45, 7) is 5.31. The van der Waals surface area contributed by atoms with Crippen molar-refractivity contribution in [1.82, 2.24) is 10.2 Å². The molecule has 19 heavy (non-hydrogen) atoms. The van der Waals surface area contributed by atoms with Crippen molar-refractivity contribution in [3.05, 3.63) is 35.9 Å². The molecule has 1 aliphatic heterocycles. The molecule has 0 saturated carbocycles. The van der Waals surface area contributed by atoms with Gasteiger partial charge in [0.2, 0.25) is 0 Å². The van der Waals surface area contributed by atoms with Crippen LogP contribution >= 0.6 is 0 Å². The quantitative estimate of drug-likeness (QED) is 0.905. The van der Waals surface area contributed by atoms with Gasteiger partial charge in [0.25, 0.3) is 0 Å². The maximum atomic E-state index is 11.6. The van der Waals surface area contributed by atoms with Crippen LogP contribution < -0.4 is 5.32 Å². The first-order valence-electron chi connectivity index (χ1n) is 6.71. The predicted octanol–water partition coefficient (Wildman–Crippen LogP) is 2.25. The minimum Gasteiger partial charge on any atom is -0.445 e. The van der Waals surface area contributed by atoms with E-state index in [2.05, 4.69) is 24.2 Å². The van der Waals surface area contributed by atoms with Gasteiger partial charge in [-0.15, -0.1) is 0 Å². The smallest absolute Gasteiger partial charge is 0.407 e. The van der Waals surface area contributed by atoms with Crippen molar-refractivity contribution in [2.75, 3.05) is 26.7 Å². The summed E-state index contributed by atoms with van der Waals surface area (Å²) in [5.74, 6) is 0. The Hall–Kier alpha value is -1.55. The Morgan fingerprint density at radius 2 is 2.16 bits per heavy atom. The minimum atomic E-state index is -0.334. The van der Waals surface area contributed by atoms with Gasteiger partial charge in [0.05, 0.1) is 0 Å². The number of benzene rings is 1. The summed E-state index contributed by atoms with van der Waals surface area (Å²) in [6, 6.07) is 9.71. The molecule has 0 aliphatic carbocycles. The SMILES string of the molecule is CN1CCC(C)(CNC(=O)OCc2ccccc2)C1. The second-order valence-corrected chi connectivity index (χ2v) is 5.71. The molecule has 1 saturated heterocycles. The standard InChI is InChI=1S/C15H22N2O2/c1-15(8-9-17(2)12-15)11-16-14(18)19-10-13-6-4-3-5-7-13/h3-7H,8-12H2,1-2H3,(H,16,18). The lowest BCUT2D eigenvalue weighted by atomic mass is 9.90. The van der Waals surface area contributed by atoms with Crippen LogP contribution in [0.1, 0.15) is 18.9 Å². The van der Waals surface area contributed by atoms with E-state index >= 15 is 0 Å². The number of carbonyl (C=O) groups excluding carboxylic acids is 1. The fourth-order valence-electron chi connectivity index (χ4n) is 2.47. The molecule has 1 aromatic carbocycles. The highest BCUT2D eigenvalue weighted by Crippen LogP contribution is 2.27. The van der Waals surface area contributed by atoms with Gasteiger partial charge in [-0.2, -0.15) is 0 Å². The fraction of sp³-hybridized carbons (Fsp3) is 0.533. The van der Waals surface area contributed by atoms with Gasteiger partial charge in [-0.3, -0.25) is 0 Å². The van der Waals surface area contributed by atoms with Crippen molar-refractivity contribution in [3.63, 3.8) is 0 Å². The van der Waals surface area contributed by atoms with Crippen LogP contribution in [0.2, 0.25) is 0 Å². The van der Waals surface area contributed by atoms with Gasteiger partial charge in [-0.25, -0.2) is 4.79 Å². The van der Waals surface area contributed by atoms with Crippen molar-refractivity contribution < 1.29 is 9.53 Å². The Balaban J connectivity index is 1.70. The van der Waals surface area contributed by atoms with Crippen molar-refractivity contribution in [2.45, 2.75) is 20.0 Å². The molecule has 1 heterocycles. The van der Waals surface area contributed by atoms with Crippen LogP contribution in [-0.2, 0) is 11.3 Å². The number of amides is 1. The fourth-order valence-corrected chi connectivity index (χ4v) is 2.47. The van der Waals surface area contributed by atoms with Crippen LogP contribution in [0.3, 0.4) is 0 Å². The molecule has 1 amide bonds. The van der Waals surface area contributed by atoms with Crippen LogP contribution in [0.4, 0.5) is 4.79 Å². The van der Waals surface area contributed by atoms with E-state index in [4.69, 9.17) is 4.74 Å². The molecular formula is C15H22N2O2. The topological polar surface area (TPSA) is 41.6 Å². The van der Waals surface area contributed by atoms with Crippen LogP contribution in [0.25, 0.3) is 0 Å². The van der Waals surface area contributed by atoms with Crippen molar-refractivity contribution >= 4 is 6.09 Å². The zero-order chi connectivity index (χ0) is 13.7. The normalized spacial score (nSPS) is 23.3. The molecule has 2 rings (SSSR count). The number of hydrogen-bond acceptors (Lipinski definition) is 3. The molecule has 4 heteroatoms. The Morgan fingerprint density at radius 1 is 1.42 bits per heavy atom. The molecule has 4 nitrogen and oxygen atoms in total. The highest BCUT2D eigenvalue weighted by Gasteiger charge is 2.32. The van der Waals surface area contributed by atoms with E-state index in [1.165, 1.54) is 0 Å². The number of rotatable bonds is 4. The van der Waals surface area contributed by atoms with Crippen LogP contribution in [0.5, 0.6) is 0 Å². The molecule has 0 spiro atoms. The summed E-state index contributed by atoms with van der Waals surface area (Å²) in [7, 11) is 2.11. The van der Waals surface area contributed by atoms with Gasteiger partial charge >= 0.3 is 6.09 Å². The largest absolute Gasteiger partial charge is 0.445 e. The molecule has 1 aliphatic rings. The number of nitrogens with one attached hydrogen (secondary N) is 1. The van der Waals surface area contributed by atoms with E-state index in [1.807, 2.05) is 30.3 Å². The van der Waals surface area contributed by atoms with Crippen LogP contribution in [0.15, 0.2) is 30.3 Å². The first kappa shape index (κ1) is 13.9. The van der Waals surface area contributed by atoms with Crippen molar-refractivity contribution in [2.24, 2.45) is 5.41 Å². The lowest BCUT2D eigenvalue weighted by Crippen LogP contribution is -2.37. The number of likely N-dealkylation sites (tertiary alicyclic amines) is 1. The van der Waals surface area contributed by atoms with E-state index in [1.54, 1.807) is 0 Å². The lowest BCUT2D eigenvalue weighted by molar-refractivity contribution is 0.134. The molecular weight excluding hydrogens is 240 g/mol. The lowest BCUT2D eigenvalue weighted by Gasteiger charge is -2.23. The Morgan fingerprint density at radius 3 is 2.79 bits per heavy atom. The van der Waals surface area contributed by atoms with Gasteiger partial charge in [0, 0.05) is 13.1 Å². The number of ether oxygens (including phenoxy) is 1. The zero-order valence-corrected chi connectivity index (χ0v) is 11.7. The minimum absolute atomic E-state index is 0.167. The van der Waals surface area contributed by atoms with E-state index < -0.39 is 0 Å². The second-order valence-electron chi connectivity index (χ2n) is 5.71. The maximum Gasteiger partial charge on any atom is 0.407 e. The molecule has 1 unspecified atom stereocenters. The number of nitrogens with zero attached hydrogens (tertiary/aromatic N) is 1. The summed E-state index contributed by atoms with van der Waals surface area (Å²) in [5, 5.41) is 2.87. The average Bonchev–Trinajstić information content (AvgIpc) is 2.76. The van der Waals surface area contributed by atoms with Gasteiger partial charge < -0.3 is 15.0 Å². The summed E-state index contributed by atoms with van der Waals surface area (Å²) in [5.41, 5.74) is 1.17. The average molecular weight is 262 g/mol. The number of hydrogen-bond donors (Lipinski definition) is 1. The summed E-state index contributed by atoms with van der Waals surface area (Å²) in [4.78, 5) is 13.9. The predicted molar refractivity (Wildman–Crippen MR) is 74.9 cm³/mol. The molecule has 1 atom stereocenters. The van der Waals surface area contributed by atoms with E-state index in [9.17, 15) is 4.79 Å². The molecule has 0 bridgehead atoms. The van der Waals surface area contributed by atoms with Gasteiger partial charge in [0.15, 0.2) is 0 Å². The van der Waals surface area contributed by atoms with Gasteiger partial charge in [-0.05, 0) is 31.0 Å². The zero-order valence-electron chi connectivity index (χ0n) is 11.7. The first-order chi connectivity index (χ1) is 9.07. The third-order valence-corrected chi connectivity index (χ3v) is 3.62. The molecule has 1 N–H and O–H groups in total. The third kappa shape index (κ3) is 4.24. The number of carbonyl (C=O) groups is 1. The van der Waals surface area contributed by atoms with Gasteiger partial charge in [-0.1, -0.05) is 37.3 Å². The summed E-state index contributed by atoms with van der Waals surface area (Å²) < 4.78 is 5.20. The van der Waals surface area contributed by atoms with E-state index in [0.717, 1.165) is 25.1 Å². The highest BCUT2D eigenvalue weighted by atomic mass is 16.5. The summed E-state index contributed by atoms with van der Waals surface area (Å²) in [6.07, 6.45) is 0.780. The summed E-state index contributed by atoms with van der Waals surface area (Å²) >= 11 is 0. The molecule has 0 aromatic heterocycles. The monoisotopic (exact) mass is 262 g/mol. The Labute approximate surface area is 114 Å². The van der Waals surface area contributed by atoms with Gasteiger partial charge in [0.1, 0.15) is 6.61 Å². The van der Waals surface area contributed by atoms with E-state index in [-0.39, 0.29) is 11.5 Å². The van der Waals surface area contributed by atoms with Crippen LogP contribution in [0, 0.1) is 5.41 Å². The van der Waals surface area contributed by atoms with E-state index in [0.29, 0.717) is 13.2 Å². The molecule has 1 aromatic rings. The highest BCUT2D eigenvalue weighted by molar-refractivity contribution is 5.67. The third-order valence-electron chi connectivity index (χ3n) is 3.62. The Bertz CT molecular complexity index is 421. The van der Waals surface area contributed by atoms with Crippen molar-refractivity contribution in [3.8, 4) is 0 Å². The number of alkyl carbamates (subject to hydrolysis) is 1. The molecule has 0 radical (unpaired) electrons. The molecule has 1 fully saturated rings. The Kier molecular flexibility index (Phi) is 4.43. The first-order valence-corrected chi connectivity index (χ1v) is 6.71.